The molecule has 2 aromatic carbocycles. The van der Waals surface area contributed by atoms with Crippen molar-refractivity contribution in [2.45, 2.75) is 24.8 Å². The fourth-order valence-corrected chi connectivity index (χ4v) is 7.56. The Kier molecular flexibility index (Phi) is 6.27. The van der Waals surface area contributed by atoms with Gasteiger partial charge in [-0.25, -0.2) is 17.6 Å². The topological polar surface area (TPSA) is 76.0 Å². The van der Waals surface area contributed by atoms with Crippen LogP contribution in [0.3, 0.4) is 0 Å². The van der Waals surface area contributed by atoms with Crippen molar-refractivity contribution in [3.63, 3.8) is 0 Å². The Balaban J connectivity index is 1.66. The van der Waals surface area contributed by atoms with Crippen LogP contribution in [0.2, 0.25) is 5.02 Å². The molecule has 31 heavy (non-hydrogen) atoms. The van der Waals surface area contributed by atoms with Crippen LogP contribution in [0.4, 0.5) is 10.1 Å². The molecule has 0 radical (unpaired) electrons. The van der Waals surface area contributed by atoms with Gasteiger partial charge in [-0.3, -0.25) is 4.99 Å². The highest BCUT2D eigenvalue weighted by atomic mass is 35.5. The highest BCUT2D eigenvalue weighted by molar-refractivity contribution is 8.15. The molecule has 6 nitrogen and oxygen atoms in total. The van der Waals surface area contributed by atoms with E-state index in [1.54, 1.807) is 37.3 Å². The van der Waals surface area contributed by atoms with Gasteiger partial charge in [0.15, 0.2) is 15.0 Å². The number of ether oxygens (including phenoxy) is 1. The Morgan fingerprint density at radius 2 is 2.00 bits per heavy atom. The number of aliphatic imine (C=N–C) groups is 1. The van der Waals surface area contributed by atoms with Gasteiger partial charge in [0.25, 0.3) is 0 Å². The number of sulfone groups is 1. The minimum Gasteiger partial charge on any atom is -0.462 e. The number of carbonyl (C=O) groups is 1. The van der Waals surface area contributed by atoms with E-state index in [2.05, 4.69) is 4.99 Å². The first-order chi connectivity index (χ1) is 14.8. The Hall–Kier alpha value is -2.10. The van der Waals surface area contributed by atoms with Gasteiger partial charge in [0.05, 0.1) is 36.3 Å². The molecule has 0 N–H and O–H groups in total. The van der Waals surface area contributed by atoms with Crippen molar-refractivity contribution in [1.82, 2.24) is 0 Å². The van der Waals surface area contributed by atoms with E-state index in [1.165, 1.54) is 23.9 Å². The van der Waals surface area contributed by atoms with E-state index in [0.717, 1.165) is 5.69 Å². The molecular weight excluding hydrogens is 463 g/mol. The molecular formula is C21H20ClFN2O4S2. The first kappa shape index (κ1) is 22.1. The molecule has 10 heteroatoms. The molecule has 1 saturated heterocycles. The molecule has 2 aliphatic rings. The molecule has 0 saturated carbocycles. The number of halogens is 2. The van der Waals surface area contributed by atoms with Crippen molar-refractivity contribution < 1.29 is 22.3 Å². The molecule has 1 fully saturated rings. The molecule has 164 valence electrons. The third-order valence-electron chi connectivity index (χ3n) is 5.07. The number of esters is 1. The summed E-state index contributed by atoms with van der Waals surface area (Å²) in [6, 6.07) is 10.8. The zero-order chi connectivity index (χ0) is 22.2. The minimum atomic E-state index is -3.07. The molecule has 0 aliphatic carbocycles. The van der Waals surface area contributed by atoms with E-state index in [9.17, 15) is 17.6 Å². The lowest BCUT2D eigenvalue weighted by atomic mass is 10.1. The van der Waals surface area contributed by atoms with E-state index in [4.69, 9.17) is 16.3 Å². The number of anilines is 1. The van der Waals surface area contributed by atoms with Crippen molar-refractivity contribution in [1.29, 1.82) is 0 Å². The standard InChI is InChI=1S/C21H20ClFN2O4S2/c1-2-29-20(26)13-4-7-16(8-5-13)25(10-14-3-6-15(23)9-17(14)22)21-24-18-11-31(27,28)12-19(18)30-21/h3-9,18-19H,2,10-12H2,1H3. The highest BCUT2D eigenvalue weighted by Gasteiger charge is 2.44. The number of carbonyl (C=O) groups excluding carboxylic acids is 1. The maximum atomic E-state index is 13.5. The lowest BCUT2D eigenvalue weighted by Crippen LogP contribution is -2.28. The molecule has 0 amide bonds. The van der Waals surface area contributed by atoms with Gasteiger partial charge in [0.2, 0.25) is 0 Å². The van der Waals surface area contributed by atoms with E-state index >= 15 is 0 Å². The zero-order valence-electron chi connectivity index (χ0n) is 16.6. The number of nitrogens with zero attached hydrogens (tertiary/aromatic N) is 2. The summed E-state index contributed by atoms with van der Waals surface area (Å²) >= 11 is 7.67. The van der Waals surface area contributed by atoms with Gasteiger partial charge in [-0.15, -0.1) is 0 Å². The van der Waals surface area contributed by atoms with Crippen LogP contribution in [0.25, 0.3) is 0 Å². The number of fused-ring (bicyclic) bond motifs is 1. The van der Waals surface area contributed by atoms with Crippen molar-refractivity contribution in [2.24, 2.45) is 4.99 Å². The largest absolute Gasteiger partial charge is 0.462 e. The number of hydrogen-bond acceptors (Lipinski definition) is 7. The third-order valence-corrected chi connectivity index (χ3v) is 8.67. The molecule has 2 aromatic rings. The van der Waals surface area contributed by atoms with Crippen molar-refractivity contribution in [3.05, 3.63) is 64.4 Å². The second kappa shape index (κ2) is 8.80. The maximum Gasteiger partial charge on any atom is 0.338 e. The molecule has 2 unspecified atom stereocenters. The molecule has 2 atom stereocenters. The number of amidine groups is 1. The number of hydrogen-bond donors (Lipinski definition) is 0. The molecule has 0 aromatic heterocycles. The Labute approximate surface area is 189 Å². The summed E-state index contributed by atoms with van der Waals surface area (Å²) in [6.07, 6.45) is 0. The average molecular weight is 483 g/mol. The highest BCUT2D eigenvalue weighted by Crippen LogP contribution is 2.38. The van der Waals surface area contributed by atoms with Crippen LogP contribution in [0.15, 0.2) is 47.5 Å². The van der Waals surface area contributed by atoms with E-state index in [0.29, 0.717) is 27.9 Å². The molecule has 4 rings (SSSR count). The second-order valence-corrected chi connectivity index (χ2v) is 11.1. The second-order valence-electron chi connectivity index (χ2n) is 7.30. The zero-order valence-corrected chi connectivity index (χ0v) is 19.0. The van der Waals surface area contributed by atoms with Gasteiger partial charge in [-0.1, -0.05) is 29.4 Å². The van der Waals surface area contributed by atoms with Crippen LogP contribution >= 0.6 is 23.4 Å². The number of benzene rings is 2. The Bertz CT molecular complexity index is 1140. The molecule has 2 aliphatic heterocycles. The van der Waals surface area contributed by atoms with Crippen LogP contribution in [0.1, 0.15) is 22.8 Å². The van der Waals surface area contributed by atoms with Crippen LogP contribution in [-0.4, -0.2) is 49.0 Å². The Morgan fingerprint density at radius 1 is 1.26 bits per heavy atom. The minimum absolute atomic E-state index is 0.0428. The smallest absolute Gasteiger partial charge is 0.338 e. The van der Waals surface area contributed by atoms with E-state index < -0.39 is 21.6 Å². The fraction of sp³-hybridized carbons (Fsp3) is 0.333. The fourth-order valence-electron chi connectivity index (χ4n) is 3.55. The van der Waals surface area contributed by atoms with E-state index in [1.807, 2.05) is 4.90 Å². The first-order valence-electron chi connectivity index (χ1n) is 9.69. The van der Waals surface area contributed by atoms with E-state index in [-0.39, 0.29) is 29.4 Å². The van der Waals surface area contributed by atoms with Crippen molar-refractivity contribution in [3.8, 4) is 0 Å². The van der Waals surface area contributed by atoms with Gasteiger partial charge in [-0.2, -0.15) is 0 Å². The van der Waals surface area contributed by atoms with Gasteiger partial charge in [0, 0.05) is 16.0 Å². The summed E-state index contributed by atoms with van der Waals surface area (Å²) in [5, 5.41) is 0.846. The summed E-state index contributed by atoms with van der Waals surface area (Å²) in [7, 11) is -3.07. The van der Waals surface area contributed by atoms with Crippen LogP contribution in [0.5, 0.6) is 0 Å². The summed E-state index contributed by atoms with van der Waals surface area (Å²) in [5.41, 5.74) is 1.88. The number of thioether (sulfide) groups is 1. The summed E-state index contributed by atoms with van der Waals surface area (Å²) < 4.78 is 42.4. The number of rotatable bonds is 5. The van der Waals surface area contributed by atoms with Crippen LogP contribution in [0, 0.1) is 5.82 Å². The first-order valence-corrected chi connectivity index (χ1v) is 12.8. The lowest BCUT2D eigenvalue weighted by molar-refractivity contribution is 0.0526. The van der Waals surface area contributed by atoms with Crippen LogP contribution < -0.4 is 4.90 Å². The molecule has 2 heterocycles. The van der Waals surface area contributed by atoms with Gasteiger partial charge in [0.1, 0.15) is 5.82 Å². The quantitative estimate of drug-likeness (QED) is 0.601. The van der Waals surface area contributed by atoms with Crippen molar-refractivity contribution in [2.75, 3.05) is 23.0 Å². The van der Waals surface area contributed by atoms with Gasteiger partial charge >= 0.3 is 5.97 Å². The molecule has 0 spiro atoms. The predicted octanol–water partition coefficient (Wildman–Crippen LogP) is 3.93. The summed E-state index contributed by atoms with van der Waals surface area (Å²) in [6.45, 7) is 2.35. The monoisotopic (exact) mass is 482 g/mol. The molecule has 0 bridgehead atoms. The maximum absolute atomic E-state index is 13.5. The Morgan fingerprint density at radius 3 is 2.65 bits per heavy atom. The summed E-state index contributed by atoms with van der Waals surface area (Å²) in [4.78, 5) is 18.5. The van der Waals surface area contributed by atoms with Crippen LogP contribution in [-0.2, 0) is 21.1 Å². The normalized spacial score (nSPS) is 21.5. The third kappa shape index (κ3) is 4.88. The van der Waals surface area contributed by atoms with Gasteiger partial charge < -0.3 is 9.64 Å². The van der Waals surface area contributed by atoms with Crippen molar-refractivity contribution >= 4 is 50.0 Å². The van der Waals surface area contributed by atoms with Gasteiger partial charge in [-0.05, 0) is 48.9 Å². The predicted molar refractivity (Wildman–Crippen MR) is 121 cm³/mol. The lowest BCUT2D eigenvalue weighted by Gasteiger charge is -2.25. The average Bonchev–Trinajstić information content (AvgIpc) is 3.21. The SMILES string of the molecule is CCOC(=O)c1ccc(N(Cc2ccc(F)cc2Cl)C2=NC3CS(=O)(=O)CC3S2)cc1. The summed E-state index contributed by atoms with van der Waals surface area (Å²) in [5.74, 6) is -0.690.